The Morgan fingerprint density at radius 3 is 2.41 bits per heavy atom. The van der Waals surface area contributed by atoms with Gasteiger partial charge in [-0.2, -0.15) is 0 Å². The van der Waals surface area contributed by atoms with Gasteiger partial charge in [0.25, 0.3) is 0 Å². The number of aryl methyl sites for hydroxylation is 2. The molecule has 1 N–H and O–H groups in total. The third-order valence-corrected chi connectivity index (χ3v) is 9.43. The van der Waals surface area contributed by atoms with Crippen LogP contribution in [0.25, 0.3) is 11.1 Å². The van der Waals surface area contributed by atoms with Crippen LogP contribution in [0.4, 0.5) is 10.1 Å². The maximum atomic E-state index is 13.7. The van der Waals surface area contributed by atoms with Crippen LogP contribution < -0.4 is 4.90 Å². The minimum Gasteiger partial charge on any atom is -0.479 e. The van der Waals surface area contributed by atoms with Gasteiger partial charge < -0.3 is 19.5 Å². The number of ether oxygens (including phenoxy) is 2. The van der Waals surface area contributed by atoms with Crippen molar-refractivity contribution in [1.82, 2.24) is 9.88 Å². The van der Waals surface area contributed by atoms with Gasteiger partial charge in [0.2, 0.25) is 0 Å². The average Bonchev–Trinajstić information content (AvgIpc) is 2.97. The highest BCUT2D eigenvalue weighted by atomic mass is 19.1. The third-order valence-electron chi connectivity index (χ3n) is 9.43. The quantitative estimate of drug-likeness (QED) is 0.259. The second kappa shape index (κ2) is 13.4. The van der Waals surface area contributed by atoms with Gasteiger partial charge in [0, 0.05) is 56.7 Å². The summed E-state index contributed by atoms with van der Waals surface area (Å²) >= 11 is 0. The lowest BCUT2D eigenvalue weighted by Gasteiger charge is -2.41. The minimum absolute atomic E-state index is 0.202. The first-order valence-corrected chi connectivity index (χ1v) is 16.4. The number of nitrogens with zero attached hydrogens (tertiary/aromatic N) is 3. The molecule has 0 bridgehead atoms. The number of aliphatic carboxylic acids is 1. The fraction of sp³-hybridized carbons (Fsp3) is 0.526. The summed E-state index contributed by atoms with van der Waals surface area (Å²) in [5.74, 6) is -1.22. The molecule has 7 nitrogen and oxygen atoms in total. The number of anilines is 1. The average molecular weight is 632 g/mol. The van der Waals surface area contributed by atoms with Gasteiger partial charge in [-0.05, 0) is 99.2 Å². The van der Waals surface area contributed by atoms with E-state index in [0.29, 0.717) is 17.9 Å². The second-order valence-electron chi connectivity index (χ2n) is 14.8. The van der Waals surface area contributed by atoms with Gasteiger partial charge in [-0.25, -0.2) is 9.18 Å². The topological polar surface area (TPSA) is 75.1 Å². The number of methoxy groups -OCH3 is 1. The number of pyridine rings is 1. The zero-order valence-electron chi connectivity index (χ0n) is 28.8. The van der Waals surface area contributed by atoms with Gasteiger partial charge in [-0.15, -0.1) is 0 Å². The molecule has 1 fully saturated rings. The summed E-state index contributed by atoms with van der Waals surface area (Å²) in [6, 6.07) is 11.6. The molecule has 0 saturated carbocycles. The van der Waals surface area contributed by atoms with E-state index in [0.717, 1.165) is 85.6 Å². The predicted molar refractivity (Wildman–Crippen MR) is 181 cm³/mol. The Bertz CT molecular complexity index is 1590. The molecular formula is C38H50FN3O4. The van der Waals surface area contributed by atoms with Crippen LogP contribution >= 0.6 is 0 Å². The van der Waals surface area contributed by atoms with Crippen LogP contribution in [0.15, 0.2) is 36.4 Å². The molecule has 46 heavy (non-hydrogen) atoms. The van der Waals surface area contributed by atoms with Gasteiger partial charge in [-0.1, -0.05) is 38.1 Å². The second-order valence-corrected chi connectivity index (χ2v) is 14.8. The Morgan fingerprint density at radius 2 is 1.78 bits per heavy atom. The van der Waals surface area contributed by atoms with E-state index in [9.17, 15) is 14.3 Å². The first-order chi connectivity index (χ1) is 21.7. The van der Waals surface area contributed by atoms with Gasteiger partial charge >= 0.3 is 5.97 Å². The molecule has 1 atom stereocenters. The van der Waals surface area contributed by atoms with Crippen molar-refractivity contribution in [2.24, 2.45) is 5.41 Å². The molecule has 2 aliphatic heterocycles. The number of carboxylic acid groups (broad SMARTS) is 1. The van der Waals surface area contributed by atoms with Crippen LogP contribution in [0.2, 0.25) is 0 Å². The van der Waals surface area contributed by atoms with Crippen molar-refractivity contribution in [1.29, 1.82) is 0 Å². The van der Waals surface area contributed by atoms with E-state index in [4.69, 9.17) is 14.5 Å². The van der Waals surface area contributed by atoms with Crippen molar-refractivity contribution >= 4 is 11.7 Å². The molecule has 0 aliphatic carbocycles. The van der Waals surface area contributed by atoms with Crippen LogP contribution in [-0.4, -0.2) is 53.3 Å². The molecule has 1 saturated heterocycles. The third kappa shape index (κ3) is 7.62. The first kappa shape index (κ1) is 34.0. The van der Waals surface area contributed by atoms with Crippen molar-refractivity contribution in [3.8, 4) is 11.1 Å². The molecule has 1 unspecified atom stereocenters. The van der Waals surface area contributed by atoms with Gasteiger partial charge in [0.05, 0.1) is 23.6 Å². The van der Waals surface area contributed by atoms with E-state index in [1.807, 2.05) is 40.7 Å². The smallest absolute Gasteiger partial charge is 0.337 e. The highest BCUT2D eigenvalue weighted by Gasteiger charge is 2.37. The molecule has 2 aliphatic rings. The largest absolute Gasteiger partial charge is 0.479 e. The number of hydrogen-bond acceptors (Lipinski definition) is 6. The van der Waals surface area contributed by atoms with Crippen molar-refractivity contribution in [3.63, 3.8) is 0 Å². The van der Waals surface area contributed by atoms with Crippen LogP contribution in [0, 0.1) is 25.1 Å². The number of piperidine rings is 1. The summed E-state index contributed by atoms with van der Waals surface area (Å²) in [7, 11) is 1.67. The summed E-state index contributed by atoms with van der Waals surface area (Å²) in [5.41, 5.74) is 9.11. The number of carboxylic acids is 1. The SMILES string of the molecule is COCc1nc(C)c(C(OC(C)(C)C)C(=O)O)c(N2CCC(C)(C)CC2)c1-c1ccc2c(c1)CCN(Cc1ccc(F)cc1C)C2. The number of hydrogen-bond donors (Lipinski definition) is 1. The molecule has 5 rings (SSSR count). The Hall–Kier alpha value is -3.33. The van der Waals surface area contributed by atoms with Crippen LogP contribution in [0.5, 0.6) is 0 Å². The number of halogens is 1. The highest BCUT2D eigenvalue weighted by Crippen LogP contribution is 2.45. The molecule has 0 radical (unpaired) electrons. The summed E-state index contributed by atoms with van der Waals surface area (Å²) in [6.07, 6.45) is 1.71. The number of benzene rings is 2. The van der Waals surface area contributed by atoms with E-state index < -0.39 is 17.7 Å². The molecule has 3 heterocycles. The standard InChI is InChI=1S/C38H50FN3O4/c1-24-19-30(39)12-11-28(24)21-41-16-13-26-20-27(9-10-29(26)22-41)33-31(23-45-8)40-25(2)32(35(36(43)44)46-37(3,4)5)34(33)42-17-14-38(6,7)15-18-42/h9-12,19-20,35H,13-18,21-23H2,1-8H3,(H,43,44). The maximum Gasteiger partial charge on any atom is 0.337 e. The fourth-order valence-electron chi connectivity index (χ4n) is 6.85. The highest BCUT2D eigenvalue weighted by molar-refractivity contribution is 5.88. The zero-order valence-corrected chi connectivity index (χ0v) is 28.8. The van der Waals surface area contributed by atoms with Crippen LogP contribution in [-0.2, 0) is 40.4 Å². The number of carbonyl (C=O) groups is 1. The lowest BCUT2D eigenvalue weighted by Crippen LogP contribution is -2.39. The summed E-state index contributed by atoms with van der Waals surface area (Å²) in [5, 5.41) is 10.6. The fourth-order valence-corrected chi connectivity index (χ4v) is 6.85. The Labute approximate surface area is 273 Å². The van der Waals surface area contributed by atoms with E-state index in [1.165, 1.54) is 17.2 Å². The normalized spacial score (nSPS) is 17.5. The van der Waals surface area contributed by atoms with Crippen molar-refractivity contribution < 1.29 is 23.8 Å². The molecule has 0 spiro atoms. The van der Waals surface area contributed by atoms with E-state index in [2.05, 4.69) is 41.8 Å². The van der Waals surface area contributed by atoms with E-state index in [-0.39, 0.29) is 11.2 Å². The Balaban J connectivity index is 1.61. The van der Waals surface area contributed by atoms with Gasteiger partial charge in [0.15, 0.2) is 6.10 Å². The van der Waals surface area contributed by atoms with E-state index >= 15 is 0 Å². The predicted octanol–water partition coefficient (Wildman–Crippen LogP) is 7.78. The Kier molecular flexibility index (Phi) is 9.92. The maximum absolute atomic E-state index is 13.7. The van der Waals surface area contributed by atoms with E-state index in [1.54, 1.807) is 13.2 Å². The molecule has 248 valence electrons. The van der Waals surface area contributed by atoms with Crippen molar-refractivity contribution in [2.45, 2.75) is 99.1 Å². The monoisotopic (exact) mass is 631 g/mol. The zero-order chi connectivity index (χ0) is 33.4. The molecular weight excluding hydrogens is 581 g/mol. The summed E-state index contributed by atoms with van der Waals surface area (Å²) < 4.78 is 25.7. The van der Waals surface area contributed by atoms with Crippen LogP contribution in [0.1, 0.15) is 92.8 Å². The summed E-state index contributed by atoms with van der Waals surface area (Å²) in [6.45, 7) is 18.5. The molecule has 2 aromatic carbocycles. The first-order valence-electron chi connectivity index (χ1n) is 16.4. The molecule has 0 amide bonds. The van der Waals surface area contributed by atoms with Crippen LogP contribution in [0.3, 0.4) is 0 Å². The lowest BCUT2D eigenvalue weighted by atomic mass is 9.81. The number of rotatable bonds is 9. The van der Waals surface area contributed by atoms with Crippen molar-refractivity contribution in [3.05, 3.63) is 81.4 Å². The van der Waals surface area contributed by atoms with Gasteiger partial charge in [-0.3, -0.25) is 9.88 Å². The number of aromatic nitrogens is 1. The molecule has 8 heteroatoms. The number of fused-ring (bicyclic) bond motifs is 1. The molecule has 3 aromatic rings. The molecule has 1 aromatic heterocycles. The lowest BCUT2D eigenvalue weighted by molar-refractivity contribution is -0.160. The van der Waals surface area contributed by atoms with Gasteiger partial charge in [0.1, 0.15) is 5.82 Å². The summed E-state index contributed by atoms with van der Waals surface area (Å²) in [4.78, 5) is 22.7. The van der Waals surface area contributed by atoms with Crippen molar-refractivity contribution in [2.75, 3.05) is 31.6 Å². The Morgan fingerprint density at radius 1 is 1.07 bits per heavy atom. The minimum atomic E-state index is -1.17.